The van der Waals surface area contributed by atoms with Gasteiger partial charge < -0.3 is 4.74 Å². The molecule has 0 saturated carbocycles. The molecule has 1 aliphatic rings. The van der Waals surface area contributed by atoms with Gasteiger partial charge in [-0.15, -0.1) is 0 Å². The summed E-state index contributed by atoms with van der Waals surface area (Å²) in [4.78, 5) is 40.2. The molecule has 170 valence electrons. The predicted octanol–water partition coefficient (Wildman–Crippen LogP) is 3.00. The largest absolute Gasteiger partial charge is 0.373 e. The van der Waals surface area contributed by atoms with Crippen molar-refractivity contribution in [1.82, 2.24) is 24.3 Å². The minimum Gasteiger partial charge on any atom is -0.344 e. The average Bonchev–Trinajstić information content (AvgIpc) is 3.43. The van der Waals surface area contributed by atoms with Crippen LogP contribution >= 0.6 is 0 Å². The summed E-state index contributed by atoms with van der Waals surface area (Å²) in [5.74, 6) is 0.0245. The second-order valence-corrected chi connectivity index (χ2v) is 7.44. The molecule has 4 rings (SSSR count). The summed E-state index contributed by atoms with van der Waals surface area (Å²) < 4.78 is 9.24. The van der Waals surface area contributed by atoms with Crippen molar-refractivity contribution in [3.05, 3.63) is 81.7 Å². The Morgan fingerprint density at radius 1 is 1.27 bits per heavy atom. The van der Waals surface area contributed by atoms with E-state index in [2.05, 4.69) is 25.1 Å². The molecule has 1 fully saturated rings. The van der Waals surface area contributed by atoms with Crippen LogP contribution in [0.5, 0.6) is 0 Å². The molecule has 1 aliphatic heterocycles. The van der Waals surface area contributed by atoms with Crippen LogP contribution in [0.1, 0.15) is 44.4 Å². The molecule has 4 atom stereocenters. The molecule has 0 radical (unpaired) electrons. The highest BCUT2D eigenvalue weighted by atomic mass is 16.5. The first-order valence-electron chi connectivity index (χ1n) is 10.2. The minimum atomic E-state index is -1.08. The van der Waals surface area contributed by atoms with Crippen molar-refractivity contribution in [1.29, 1.82) is 0 Å². The number of aromatic nitrogens is 5. The van der Waals surface area contributed by atoms with E-state index in [1.165, 1.54) is 21.9 Å². The molecule has 12 heteroatoms. The molecule has 0 N–H and O–H groups in total. The number of ether oxygens (including phenoxy) is 1. The smallest absolute Gasteiger partial charge is 0.344 e. The van der Waals surface area contributed by atoms with Gasteiger partial charge in [0.05, 0.1) is 0 Å². The van der Waals surface area contributed by atoms with Crippen molar-refractivity contribution in [2.24, 2.45) is 11.0 Å². The molecule has 33 heavy (non-hydrogen) atoms. The lowest BCUT2D eigenvalue weighted by atomic mass is 9.79. The fraction of sp³-hybridized carbons (Fsp3) is 0.381. The van der Waals surface area contributed by atoms with Crippen LogP contribution in [-0.4, -0.2) is 36.2 Å². The first kappa shape index (κ1) is 23.6. The third kappa shape index (κ3) is 4.73. The summed E-state index contributed by atoms with van der Waals surface area (Å²) in [6, 6.07) is 11.5. The molecular weight excluding hydrogens is 428 g/mol. The summed E-state index contributed by atoms with van der Waals surface area (Å²) in [5.41, 5.74) is 8.76. The maximum Gasteiger partial charge on any atom is 0.373 e. The molecule has 0 spiro atoms. The Kier molecular flexibility index (Phi) is 7.47. The van der Waals surface area contributed by atoms with E-state index in [9.17, 15) is 10.3 Å². The van der Waals surface area contributed by atoms with Crippen LogP contribution in [0.3, 0.4) is 0 Å². The van der Waals surface area contributed by atoms with Crippen molar-refractivity contribution in [2.75, 3.05) is 0 Å². The highest BCUT2D eigenvalue weighted by Crippen LogP contribution is 2.53. The van der Waals surface area contributed by atoms with E-state index < -0.39 is 17.6 Å². The van der Waals surface area contributed by atoms with Crippen LogP contribution in [0.15, 0.2) is 65.2 Å². The SMILES string of the molecule is CCC[C@@]1(N=[N+]=[N-])O[C@@H](n2ccc(-n3cncn3)nc2=O)[C@@H](C)[C@@H]1c1ccccc1.O=C=O. The number of nitrogens with zero attached hydrogens (tertiary/aromatic N) is 8. The maximum absolute atomic E-state index is 12.8. The summed E-state index contributed by atoms with van der Waals surface area (Å²) in [6.45, 7) is 4.02. The fourth-order valence-corrected chi connectivity index (χ4v) is 4.34. The maximum atomic E-state index is 12.8. The summed E-state index contributed by atoms with van der Waals surface area (Å²) in [5, 5.41) is 8.12. The monoisotopic (exact) mass is 450 g/mol. The van der Waals surface area contributed by atoms with Gasteiger partial charge in [0, 0.05) is 22.9 Å². The Bertz CT molecular complexity index is 1200. The molecular formula is C21H22N8O4. The zero-order valence-corrected chi connectivity index (χ0v) is 18.1. The summed E-state index contributed by atoms with van der Waals surface area (Å²) >= 11 is 0. The zero-order valence-electron chi connectivity index (χ0n) is 18.1. The van der Waals surface area contributed by atoms with Gasteiger partial charge in [-0.05, 0) is 23.6 Å². The van der Waals surface area contributed by atoms with Crippen LogP contribution in [0.4, 0.5) is 0 Å². The second kappa shape index (κ2) is 10.5. The van der Waals surface area contributed by atoms with Gasteiger partial charge in [0.1, 0.15) is 18.9 Å². The van der Waals surface area contributed by atoms with Gasteiger partial charge in [0.15, 0.2) is 11.5 Å². The van der Waals surface area contributed by atoms with Gasteiger partial charge in [-0.1, -0.05) is 55.7 Å². The summed E-state index contributed by atoms with van der Waals surface area (Å²) in [7, 11) is 0. The molecule has 0 aliphatic carbocycles. The quantitative estimate of drug-likeness (QED) is 0.317. The molecule has 3 aromatic rings. The first-order valence-corrected chi connectivity index (χ1v) is 10.2. The predicted molar refractivity (Wildman–Crippen MR) is 114 cm³/mol. The number of hydrogen-bond donors (Lipinski definition) is 0. The lowest BCUT2D eigenvalue weighted by molar-refractivity contribution is -0.191. The van der Waals surface area contributed by atoms with E-state index in [1.54, 1.807) is 12.3 Å². The lowest BCUT2D eigenvalue weighted by Gasteiger charge is -2.30. The Morgan fingerprint density at radius 2 is 2.00 bits per heavy atom. The van der Waals surface area contributed by atoms with Crippen LogP contribution < -0.4 is 5.69 Å². The topological polar surface area (TPSA) is 158 Å². The average molecular weight is 450 g/mol. The third-order valence-electron chi connectivity index (χ3n) is 5.51. The fourth-order valence-electron chi connectivity index (χ4n) is 4.34. The number of azide groups is 1. The molecule has 0 bridgehead atoms. The Hall–Kier alpha value is -4.11. The molecule has 1 aromatic carbocycles. The van der Waals surface area contributed by atoms with E-state index in [0.717, 1.165) is 12.0 Å². The van der Waals surface area contributed by atoms with Crippen molar-refractivity contribution in [3.8, 4) is 5.82 Å². The van der Waals surface area contributed by atoms with Gasteiger partial charge in [-0.25, -0.2) is 14.5 Å². The van der Waals surface area contributed by atoms with Crippen molar-refractivity contribution in [2.45, 2.75) is 44.6 Å². The van der Waals surface area contributed by atoms with Crippen LogP contribution in [0, 0.1) is 5.92 Å². The molecule has 12 nitrogen and oxygen atoms in total. The van der Waals surface area contributed by atoms with E-state index in [-0.39, 0.29) is 18.0 Å². The number of benzene rings is 1. The van der Waals surface area contributed by atoms with Gasteiger partial charge >= 0.3 is 11.8 Å². The number of hydrogen-bond acceptors (Lipinski definition) is 8. The Balaban J connectivity index is 0.000000968. The number of rotatable bonds is 6. The second-order valence-electron chi connectivity index (χ2n) is 7.44. The molecule has 0 unspecified atom stereocenters. The highest BCUT2D eigenvalue weighted by Gasteiger charge is 2.53. The van der Waals surface area contributed by atoms with Crippen LogP contribution in [0.25, 0.3) is 16.3 Å². The Labute approximate surface area is 188 Å². The zero-order chi connectivity index (χ0) is 23.8. The van der Waals surface area contributed by atoms with Gasteiger partial charge in [0.25, 0.3) is 0 Å². The van der Waals surface area contributed by atoms with Crippen molar-refractivity contribution < 1.29 is 14.3 Å². The van der Waals surface area contributed by atoms with E-state index >= 15 is 0 Å². The van der Waals surface area contributed by atoms with Gasteiger partial charge in [-0.2, -0.15) is 19.7 Å². The normalized spacial score (nSPS) is 23.6. The van der Waals surface area contributed by atoms with Crippen molar-refractivity contribution >= 4 is 6.15 Å². The number of carbonyl (C=O) groups excluding carboxylic acids is 2. The summed E-state index contributed by atoms with van der Waals surface area (Å²) in [6.07, 6.45) is 5.40. The van der Waals surface area contributed by atoms with Gasteiger partial charge in [-0.3, -0.25) is 4.57 Å². The molecule has 3 heterocycles. The molecule has 1 saturated heterocycles. The lowest BCUT2D eigenvalue weighted by Crippen LogP contribution is -2.33. The van der Waals surface area contributed by atoms with Crippen LogP contribution in [-0.2, 0) is 14.3 Å². The van der Waals surface area contributed by atoms with Crippen molar-refractivity contribution in [3.63, 3.8) is 0 Å². The molecule has 0 amide bonds. The van der Waals surface area contributed by atoms with Crippen LogP contribution in [0.2, 0.25) is 0 Å². The first-order chi connectivity index (χ1) is 16.0. The van der Waals surface area contributed by atoms with Gasteiger partial charge in [0.2, 0.25) is 0 Å². The standard InChI is InChI=1S/C20H22N8O2.CO2/c1-3-10-20(25-26-21)17(15-7-5-4-6-8-15)14(2)18(30-20)27-11-9-16(24-19(27)29)28-13-22-12-23-28;2-1-3/h4-9,11-14,17-18H,3,10H2,1-2H3;/t14-,17+,18+,20+;/m0./s1. The highest BCUT2D eigenvalue weighted by molar-refractivity contribution is 5.26. The third-order valence-corrected chi connectivity index (χ3v) is 5.51. The van der Waals surface area contributed by atoms with E-state index in [4.69, 9.17) is 14.3 Å². The van der Waals surface area contributed by atoms with E-state index in [0.29, 0.717) is 12.2 Å². The van der Waals surface area contributed by atoms with E-state index in [1.807, 2.05) is 44.2 Å². The minimum absolute atomic E-state index is 0.138. The molecule has 2 aromatic heterocycles. The Morgan fingerprint density at radius 3 is 2.58 bits per heavy atom.